The highest BCUT2D eigenvalue weighted by molar-refractivity contribution is 7.84. The lowest BCUT2D eigenvalue weighted by atomic mass is 10.1. The van der Waals surface area contributed by atoms with Crippen molar-refractivity contribution in [2.24, 2.45) is 5.14 Å². The molecule has 1 aliphatic heterocycles. The Morgan fingerprint density at radius 2 is 2.16 bits per heavy atom. The Morgan fingerprint density at radius 3 is 2.68 bits per heavy atom. The van der Waals surface area contributed by atoms with Crippen molar-refractivity contribution < 1.29 is 22.1 Å². The SMILES string of the molecule is CCC1(CC)OC[C@H](C=C=CCCOS(N)(=O)=O)O1. The molecule has 0 spiro atoms. The molecule has 0 radical (unpaired) electrons. The van der Waals surface area contributed by atoms with Gasteiger partial charge in [-0.15, -0.1) is 5.73 Å². The zero-order valence-electron chi connectivity index (χ0n) is 11.3. The molecular weight excluding hydrogens is 270 g/mol. The van der Waals surface area contributed by atoms with Gasteiger partial charge >= 0.3 is 10.3 Å². The van der Waals surface area contributed by atoms with Gasteiger partial charge in [0.05, 0.1) is 13.2 Å². The van der Waals surface area contributed by atoms with Crippen LogP contribution in [-0.2, 0) is 24.0 Å². The van der Waals surface area contributed by atoms with E-state index in [4.69, 9.17) is 9.47 Å². The smallest absolute Gasteiger partial charge is 0.333 e. The lowest BCUT2D eigenvalue weighted by molar-refractivity contribution is -0.167. The minimum atomic E-state index is -3.85. The van der Waals surface area contributed by atoms with E-state index in [1.807, 2.05) is 13.8 Å². The van der Waals surface area contributed by atoms with Crippen LogP contribution >= 0.6 is 0 Å². The molecule has 2 N–H and O–H groups in total. The number of rotatable bonds is 7. The first-order valence-electron chi connectivity index (χ1n) is 6.31. The van der Waals surface area contributed by atoms with E-state index >= 15 is 0 Å². The Kier molecular flexibility index (Phi) is 6.19. The average Bonchev–Trinajstić information content (AvgIpc) is 2.77. The molecule has 1 aliphatic rings. The van der Waals surface area contributed by atoms with E-state index in [1.54, 1.807) is 12.2 Å². The maximum absolute atomic E-state index is 10.5. The van der Waals surface area contributed by atoms with Crippen LogP contribution in [0.4, 0.5) is 0 Å². The number of ether oxygens (including phenoxy) is 2. The van der Waals surface area contributed by atoms with E-state index in [1.165, 1.54) is 0 Å². The topological polar surface area (TPSA) is 87.9 Å². The van der Waals surface area contributed by atoms with Crippen LogP contribution in [0, 0.1) is 0 Å². The standard InChI is InChI=1S/C12H21NO5S/c1-3-12(4-2)16-10-11(18-12)8-6-5-7-9-17-19(13,14)15/h5,8,11H,3-4,7,9-10H2,1-2H3,(H2,13,14,15)/t6?,11-/m0/s1. The molecule has 0 aromatic carbocycles. The minimum absolute atomic E-state index is 0.00948. The van der Waals surface area contributed by atoms with E-state index < -0.39 is 16.1 Å². The second kappa shape index (κ2) is 7.19. The molecule has 19 heavy (non-hydrogen) atoms. The summed E-state index contributed by atoms with van der Waals surface area (Å²) in [6, 6.07) is 0. The molecule has 1 rings (SSSR count). The van der Waals surface area contributed by atoms with Crippen molar-refractivity contribution in [3.63, 3.8) is 0 Å². The van der Waals surface area contributed by atoms with Crippen LogP contribution in [-0.4, -0.2) is 33.5 Å². The molecule has 6 nitrogen and oxygen atoms in total. The van der Waals surface area contributed by atoms with E-state index in [9.17, 15) is 8.42 Å². The molecule has 0 unspecified atom stereocenters. The molecule has 1 atom stereocenters. The molecule has 0 aromatic heterocycles. The summed E-state index contributed by atoms with van der Waals surface area (Å²) in [5, 5.41) is 4.68. The van der Waals surface area contributed by atoms with Crippen molar-refractivity contribution >= 4 is 10.3 Å². The monoisotopic (exact) mass is 291 g/mol. The van der Waals surface area contributed by atoms with Gasteiger partial charge in [0.25, 0.3) is 0 Å². The fraction of sp³-hybridized carbons (Fsp3) is 0.750. The molecule has 1 saturated heterocycles. The Labute approximate surface area is 114 Å². The zero-order valence-corrected chi connectivity index (χ0v) is 12.1. The quantitative estimate of drug-likeness (QED) is 0.563. The van der Waals surface area contributed by atoms with Crippen LogP contribution in [0.1, 0.15) is 33.1 Å². The first kappa shape index (κ1) is 16.4. The lowest BCUT2D eigenvalue weighted by Crippen LogP contribution is -2.28. The van der Waals surface area contributed by atoms with Crippen LogP contribution in [0.5, 0.6) is 0 Å². The molecule has 1 fully saturated rings. The summed E-state index contributed by atoms with van der Waals surface area (Å²) in [4.78, 5) is 0. The minimum Gasteiger partial charge on any atom is -0.347 e. The molecule has 7 heteroatoms. The van der Waals surface area contributed by atoms with Crippen molar-refractivity contribution in [2.75, 3.05) is 13.2 Å². The highest BCUT2D eigenvalue weighted by Crippen LogP contribution is 2.30. The normalized spacial score (nSPS) is 21.9. The van der Waals surface area contributed by atoms with Gasteiger partial charge in [0.1, 0.15) is 6.10 Å². The predicted octanol–water partition coefficient (Wildman–Crippen LogP) is 1.24. The third-order valence-electron chi connectivity index (χ3n) is 2.86. The van der Waals surface area contributed by atoms with Crippen LogP contribution in [0.15, 0.2) is 17.9 Å². The van der Waals surface area contributed by atoms with Crippen molar-refractivity contribution in [1.29, 1.82) is 0 Å². The number of nitrogens with two attached hydrogens (primary N) is 1. The van der Waals surface area contributed by atoms with Crippen molar-refractivity contribution in [3.05, 3.63) is 17.9 Å². The van der Waals surface area contributed by atoms with Crippen LogP contribution in [0.3, 0.4) is 0 Å². The second-order valence-corrected chi connectivity index (χ2v) is 5.45. The zero-order chi connectivity index (χ0) is 14.4. The Balaban J connectivity index is 2.34. The summed E-state index contributed by atoms with van der Waals surface area (Å²) in [7, 11) is -3.85. The fourth-order valence-electron chi connectivity index (χ4n) is 1.76. The Bertz CT molecular complexity index is 435. The summed E-state index contributed by atoms with van der Waals surface area (Å²) in [6.45, 7) is 4.57. The summed E-state index contributed by atoms with van der Waals surface area (Å²) < 4.78 is 36.8. The fourth-order valence-corrected chi connectivity index (χ4v) is 2.09. The first-order chi connectivity index (χ1) is 8.91. The molecule has 1 heterocycles. The Hall–Kier alpha value is -0.690. The molecule has 110 valence electrons. The van der Waals surface area contributed by atoms with E-state index in [0.29, 0.717) is 13.0 Å². The number of hydrogen-bond donors (Lipinski definition) is 1. The summed E-state index contributed by atoms with van der Waals surface area (Å²) >= 11 is 0. The lowest BCUT2D eigenvalue weighted by Gasteiger charge is -2.24. The van der Waals surface area contributed by atoms with Crippen molar-refractivity contribution in [3.8, 4) is 0 Å². The maximum Gasteiger partial charge on any atom is 0.333 e. The van der Waals surface area contributed by atoms with Gasteiger partial charge in [-0.25, -0.2) is 5.14 Å². The van der Waals surface area contributed by atoms with Gasteiger partial charge in [0.2, 0.25) is 0 Å². The third kappa shape index (κ3) is 5.86. The molecule has 0 aliphatic carbocycles. The average molecular weight is 291 g/mol. The second-order valence-electron chi connectivity index (χ2n) is 4.23. The van der Waals surface area contributed by atoms with E-state index in [2.05, 4.69) is 15.1 Å². The van der Waals surface area contributed by atoms with Gasteiger partial charge in [0, 0.05) is 0 Å². The van der Waals surface area contributed by atoms with Gasteiger partial charge in [-0.2, -0.15) is 8.42 Å². The van der Waals surface area contributed by atoms with Crippen molar-refractivity contribution in [1.82, 2.24) is 0 Å². The summed E-state index contributed by atoms with van der Waals surface area (Å²) in [6.07, 6.45) is 5.35. The summed E-state index contributed by atoms with van der Waals surface area (Å²) in [5.41, 5.74) is 2.93. The van der Waals surface area contributed by atoms with Gasteiger partial charge in [-0.1, -0.05) is 13.8 Å². The van der Waals surface area contributed by atoms with Gasteiger partial charge in [-0.3, -0.25) is 4.18 Å². The van der Waals surface area contributed by atoms with Gasteiger partial charge < -0.3 is 9.47 Å². The molecule has 0 bridgehead atoms. The first-order valence-corrected chi connectivity index (χ1v) is 7.78. The predicted molar refractivity (Wildman–Crippen MR) is 70.5 cm³/mol. The largest absolute Gasteiger partial charge is 0.347 e. The number of hydrogen-bond acceptors (Lipinski definition) is 5. The van der Waals surface area contributed by atoms with Crippen molar-refractivity contribution in [2.45, 2.75) is 45.0 Å². The molecule has 0 aromatic rings. The summed E-state index contributed by atoms with van der Waals surface area (Å²) in [5.74, 6) is -0.473. The van der Waals surface area contributed by atoms with Gasteiger partial charge in [-0.05, 0) is 31.4 Å². The van der Waals surface area contributed by atoms with Crippen LogP contribution < -0.4 is 5.14 Å². The molecule has 0 saturated carbocycles. The van der Waals surface area contributed by atoms with Gasteiger partial charge in [0.15, 0.2) is 5.79 Å². The molecule has 0 amide bonds. The Morgan fingerprint density at radius 1 is 1.47 bits per heavy atom. The van der Waals surface area contributed by atoms with E-state index in [-0.39, 0.29) is 12.7 Å². The van der Waals surface area contributed by atoms with E-state index in [0.717, 1.165) is 12.8 Å². The molecular formula is C12H21NO5S. The maximum atomic E-state index is 10.5. The highest BCUT2D eigenvalue weighted by Gasteiger charge is 2.37. The van der Waals surface area contributed by atoms with Crippen LogP contribution in [0.2, 0.25) is 0 Å². The van der Waals surface area contributed by atoms with Crippen LogP contribution in [0.25, 0.3) is 0 Å². The highest BCUT2D eigenvalue weighted by atomic mass is 32.2. The third-order valence-corrected chi connectivity index (χ3v) is 3.36.